The molecule has 166 valence electrons. The lowest BCUT2D eigenvalue weighted by Gasteiger charge is -2.16. The van der Waals surface area contributed by atoms with Gasteiger partial charge in [0.15, 0.2) is 16.7 Å². The van der Waals surface area contributed by atoms with Gasteiger partial charge in [0.25, 0.3) is 11.5 Å². The highest BCUT2D eigenvalue weighted by molar-refractivity contribution is 7.99. The number of phenolic OH excluding ortho intramolecular Hbond substituents is 2. The summed E-state index contributed by atoms with van der Waals surface area (Å²) in [4.78, 5) is 31.6. The van der Waals surface area contributed by atoms with Crippen molar-refractivity contribution in [1.82, 2.24) is 9.66 Å². The number of anilines is 1. The predicted octanol–water partition coefficient (Wildman–Crippen LogP) is 4.44. The molecule has 0 unspecified atom stereocenters. The number of nitrogens with zero attached hydrogens (tertiary/aromatic N) is 3. The van der Waals surface area contributed by atoms with Crippen LogP contribution in [0.15, 0.2) is 57.5 Å². The highest BCUT2D eigenvalue weighted by atomic mass is 35.5. The minimum atomic E-state index is -0.377. The second kappa shape index (κ2) is 8.22. The third-order valence-corrected chi connectivity index (χ3v) is 7.43. The maximum Gasteiger partial charge on any atom is 0.283 e. The summed E-state index contributed by atoms with van der Waals surface area (Å²) in [5.41, 5.74) is 1.84. The highest BCUT2D eigenvalue weighted by Gasteiger charge is 2.24. The number of carbonyl (C=O) groups is 1. The molecule has 2 aromatic heterocycles. The third-order valence-electron chi connectivity index (χ3n) is 5.07. The molecule has 33 heavy (non-hydrogen) atoms. The standard InChI is InChI=1S/C22H15ClN4O4S2/c1-10-17-20(33-18(10)19(30)24-13-4-2-3-12(23)8-13)25-22-27(21(17)31)26-14(9-32-22)11-5-6-15(28)16(29)7-11/h2-8,28-29H,9H2,1H3,(H,24,30). The average molecular weight is 499 g/mol. The first-order valence-corrected chi connectivity index (χ1v) is 11.9. The number of aromatic nitrogens is 2. The molecule has 0 atom stereocenters. The van der Waals surface area contributed by atoms with Gasteiger partial charge in [0, 0.05) is 22.0 Å². The van der Waals surface area contributed by atoms with E-state index in [1.807, 2.05) is 0 Å². The van der Waals surface area contributed by atoms with Crippen LogP contribution < -0.4 is 10.9 Å². The molecule has 0 saturated heterocycles. The quantitative estimate of drug-likeness (QED) is 0.284. The molecule has 1 amide bonds. The van der Waals surface area contributed by atoms with E-state index < -0.39 is 0 Å². The van der Waals surface area contributed by atoms with Crippen LogP contribution in [-0.2, 0) is 0 Å². The Morgan fingerprint density at radius 1 is 1.18 bits per heavy atom. The molecule has 1 aliphatic rings. The highest BCUT2D eigenvalue weighted by Crippen LogP contribution is 2.32. The molecule has 3 heterocycles. The molecule has 0 radical (unpaired) electrons. The van der Waals surface area contributed by atoms with Gasteiger partial charge in [-0.15, -0.1) is 11.3 Å². The molecule has 1 aliphatic heterocycles. The van der Waals surface area contributed by atoms with Gasteiger partial charge in [-0.2, -0.15) is 9.78 Å². The molecule has 4 aromatic rings. The van der Waals surface area contributed by atoms with Gasteiger partial charge < -0.3 is 15.5 Å². The zero-order chi connectivity index (χ0) is 23.3. The van der Waals surface area contributed by atoms with E-state index in [0.29, 0.717) is 53.6 Å². The summed E-state index contributed by atoms with van der Waals surface area (Å²) < 4.78 is 1.22. The minimum absolute atomic E-state index is 0.235. The first kappa shape index (κ1) is 21.5. The van der Waals surface area contributed by atoms with E-state index in [1.54, 1.807) is 37.3 Å². The number of amides is 1. The molecule has 11 heteroatoms. The van der Waals surface area contributed by atoms with Gasteiger partial charge in [-0.05, 0) is 48.9 Å². The monoisotopic (exact) mass is 498 g/mol. The maximum absolute atomic E-state index is 13.3. The Morgan fingerprint density at radius 3 is 2.76 bits per heavy atom. The molecule has 0 bridgehead atoms. The van der Waals surface area contributed by atoms with Crippen LogP contribution in [0.2, 0.25) is 5.02 Å². The molecule has 0 saturated carbocycles. The Bertz CT molecular complexity index is 1540. The van der Waals surface area contributed by atoms with Crippen molar-refractivity contribution >= 4 is 62.2 Å². The van der Waals surface area contributed by atoms with Gasteiger partial charge >= 0.3 is 0 Å². The number of thioether (sulfide) groups is 1. The van der Waals surface area contributed by atoms with Crippen LogP contribution in [0.5, 0.6) is 11.5 Å². The SMILES string of the molecule is Cc1c(C(=O)Nc2cccc(Cl)c2)sc2nc3n(c(=O)c12)N=C(c1ccc(O)c(O)c1)CS3. The van der Waals surface area contributed by atoms with Gasteiger partial charge in [0.05, 0.1) is 16.0 Å². The number of rotatable bonds is 3. The number of aromatic hydroxyl groups is 2. The van der Waals surface area contributed by atoms with Crippen LogP contribution in [0.25, 0.3) is 10.2 Å². The van der Waals surface area contributed by atoms with E-state index >= 15 is 0 Å². The smallest absolute Gasteiger partial charge is 0.283 e. The van der Waals surface area contributed by atoms with Crippen molar-refractivity contribution in [3.8, 4) is 11.5 Å². The Morgan fingerprint density at radius 2 is 2.00 bits per heavy atom. The molecule has 0 aliphatic carbocycles. The largest absolute Gasteiger partial charge is 0.504 e. The number of aryl methyl sites for hydroxylation is 1. The summed E-state index contributed by atoms with van der Waals surface area (Å²) in [6, 6.07) is 11.2. The zero-order valence-corrected chi connectivity index (χ0v) is 19.4. The van der Waals surface area contributed by atoms with Crippen molar-refractivity contribution in [1.29, 1.82) is 0 Å². The minimum Gasteiger partial charge on any atom is -0.504 e. The lowest BCUT2D eigenvalue weighted by Crippen LogP contribution is -2.25. The number of halogens is 1. The molecular formula is C22H15ClN4O4S2. The summed E-state index contributed by atoms with van der Waals surface area (Å²) in [6.07, 6.45) is 0. The van der Waals surface area contributed by atoms with Gasteiger partial charge in [0.1, 0.15) is 4.83 Å². The van der Waals surface area contributed by atoms with Gasteiger partial charge in [0.2, 0.25) is 0 Å². The lowest BCUT2D eigenvalue weighted by molar-refractivity contribution is 0.103. The van der Waals surface area contributed by atoms with Crippen molar-refractivity contribution in [2.45, 2.75) is 12.1 Å². The zero-order valence-electron chi connectivity index (χ0n) is 17.0. The van der Waals surface area contributed by atoms with Crippen LogP contribution in [-0.4, -0.2) is 37.2 Å². The van der Waals surface area contributed by atoms with E-state index in [9.17, 15) is 19.8 Å². The molecule has 0 fully saturated rings. The fraction of sp³-hybridized carbons (Fsp3) is 0.0909. The summed E-state index contributed by atoms with van der Waals surface area (Å²) in [5, 5.41) is 27.8. The third kappa shape index (κ3) is 3.86. The van der Waals surface area contributed by atoms with Gasteiger partial charge in [-0.25, -0.2) is 4.98 Å². The number of benzene rings is 2. The van der Waals surface area contributed by atoms with Crippen molar-refractivity contribution in [2.24, 2.45) is 5.10 Å². The number of hydrogen-bond donors (Lipinski definition) is 3. The van der Waals surface area contributed by atoms with Crippen molar-refractivity contribution in [3.05, 3.63) is 73.8 Å². The number of carbonyl (C=O) groups excluding carboxylic acids is 1. The second-order valence-electron chi connectivity index (χ2n) is 7.25. The molecule has 8 nitrogen and oxygen atoms in total. The lowest BCUT2D eigenvalue weighted by atomic mass is 10.1. The van der Waals surface area contributed by atoms with Crippen LogP contribution >= 0.6 is 34.7 Å². The Balaban J connectivity index is 1.56. The number of fused-ring (bicyclic) bond motifs is 2. The topological polar surface area (TPSA) is 117 Å². The summed E-state index contributed by atoms with van der Waals surface area (Å²) in [7, 11) is 0. The molecule has 5 rings (SSSR count). The van der Waals surface area contributed by atoms with E-state index in [4.69, 9.17) is 11.6 Å². The van der Waals surface area contributed by atoms with E-state index in [0.717, 1.165) is 11.3 Å². The van der Waals surface area contributed by atoms with Gasteiger partial charge in [-0.1, -0.05) is 29.4 Å². The van der Waals surface area contributed by atoms with Gasteiger partial charge in [-0.3, -0.25) is 9.59 Å². The number of thiophene rings is 1. The van der Waals surface area contributed by atoms with Crippen LogP contribution in [0.4, 0.5) is 5.69 Å². The van der Waals surface area contributed by atoms with E-state index in [-0.39, 0.29) is 23.0 Å². The molecule has 3 N–H and O–H groups in total. The summed E-state index contributed by atoms with van der Waals surface area (Å²) >= 11 is 8.47. The number of phenols is 2. The fourth-order valence-electron chi connectivity index (χ4n) is 3.43. The van der Waals surface area contributed by atoms with Crippen molar-refractivity contribution < 1.29 is 15.0 Å². The fourth-order valence-corrected chi connectivity index (χ4v) is 5.64. The van der Waals surface area contributed by atoms with Crippen LogP contribution in [0, 0.1) is 6.92 Å². The predicted molar refractivity (Wildman–Crippen MR) is 130 cm³/mol. The summed E-state index contributed by atoms with van der Waals surface area (Å²) in [6.45, 7) is 1.71. The molecule has 2 aromatic carbocycles. The van der Waals surface area contributed by atoms with E-state index in [2.05, 4.69) is 15.4 Å². The first-order chi connectivity index (χ1) is 15.8. The average Bonchev–Trinajstić information content (AvgIpc) is 3.12. The molecule has 0 spiro atoms. The first-order valence-electron chi connectivity index (χ1n) is 9.68. The van der Waals surface area contributed by atoms with Crippen molar-refractivity contribution in [3.63, 3.8) is 0 Å². The van der Waals surface area contributed by atoms with E-state index in [1.165, 1.54) is 28.6 Å². The van der Waals surface area contributed by atoms with Crippen LogP contribution in [0.1, 0.15) is 20.8 Å². The Hall–Kier alpha value is -3.34. The Kier molecular flexibility index (Phi) is 5.35. The Labute approximate surface area is 200 Å². The number of hydrogen-bond acceptors (Lipinski definition) is 8. The van der Waals surface area contributed by atoms with Crippen LogP contribution in [0.3, 0.4) is 0 Å². The van der Waals surface area contributed by atoms with Crippen molar-refractivity contribution in [2.75, 3.05) is 11.1 Å². The second-order valence-corrected chi connectivity index (χ2v) is 9.63. The number of nitrogens with one attached hydrogen (secondary N) is 1. The maximum atomic E-state index is 13.3. The molecular weight excluding hydrogens is 484 g/mol. The normalized spacial score (nSPS) is 13.0. The summed E-state index contributed by atoms with van der Waals surface area (Å²) in [5.74, 6) is -0.428.